The van der Waals surface area contributed by atoms with Crippen LogP contribution < -0.4 is 5.32 Å². The molecule has 0 aliphatic carbocycles. The quantitative estimate of drug-likeness (QED) is 0.512. The molecule has 2 aromatic carbocycles. The van der Waals surface area contributed by atoms with Gasteiger partial charge in [0.15, 0.2) is 0 Å². The first-order valence-corrected chi connectivity index (χ1v) is 12.7. The van der Waals surface area contributed by atoms with Crippen LogP contribution in [0.4, 0.5) is 0 Å². The molecule has 1 atom stereocenters. The number of amides is 2. The molecule has 0 radical (unpaired) electrons. The third kappa shape index (κ3) is 7.68. The lowest BCUT2D eigenvalue weighted by molar-refractivity contribution is -0.140. The zero-order valence-electron chi connectivity index (χ0n) is 20.0. The van der Waals surface area contributed by atoms with Crippen molar-refractivity contribution in [3.8, 4) is 0 Å². The second kappa shape index (κ2) is 12.5. The zero-order chi connectivity index (χ0) is 24.4. The van der Waals surface area contributed by atoms with Gasteiger partial charge in [-0.05, 0) is 44.4 Å². The Morgan fingerprint density at radius 2 is 1.76 bits per heavy atom. The Labute approximate surface area is 197 Å². The third-order valence-electron chi connectivity index (χ3n) is 5.47. The molecule has 33 heavy (non-hydrogen) atoms. The van der Waals surface area contributed by atoms with Crippen molar-refractivity contribution < 1.29 is 18.0 Å². The van der Waals surface area contributed by atoms with Gasteiger partial charge in [0.05, 0.1) is 4.90 Å². The van der Waals surface area contributed by atoms with Crippen molar-refractivity contribution in [1.29, 1.82) is 0 Å². The standard InChI is InChI=1S/C25H35N3O4S/c1-5-16-26-25(30)21(3)28(19-22-12-9-11-20(2)18-22)24(29)15-10-17-27(4)33(31,32)23-13-7-6-8-14-23/h6-9,11-14,18,21H,5,10,15-17,19H2,1-4H3,(H,26,30)/t21-/m0/s1. The van der Waals surface area contributed by atoms with Crippen molar-refractivity contribution in [2.45, 2.75) is 57.5 Å². The van der Waals surface area contributed by atoms with Crippen LogP contribution in [-0.4, -0.2) is 55.6 Å². The van der Waals surface area contributed by atoms with E-state index in [2.05, 4.69) is 5.32 Å². The topological polar surface area (TPSA) is 86.8 Å². The molecule has 0 fully saturated rings. The number of rotatable bonds is 12. The van der Waals surface area contributed by atoms with E-state index < -0.39 is 16.1 Å². The van der Waals surface area contributed by atoms with Gasteiger partial charge >= 0.3 is 0 Å². The summed E-state index contributed by atoms with van der Waals surface area (Å²) in [6.45, 7) is 6.76. The minimum absolute atomic E-state index is 0.145. The van der Waals surface area contributed by atoms with E-state index in [4.69, 9.17) is 0 Å². The van der Waals surface area contributed by atoms with E-state index in [-0.39, 0.29) is 29.7 Å². The molecule has 2 rings (SSSR count). The molecule has 0 aliphatic rings. The maximum atomic E-state index is 13.1. The highest BCUT2D eigenvalue weighted by Gasteiger charge is 2.26. The number of nitrogens with zero attached hydrogens (tertiary/aromatic N) is 2. The molecule has 0 unspecified atom stereocenters. The molecule has 7 nitrogen and oxygen atoms in total. The van der Waals surface area contributed by atoms with Gasteiger partial charge in [-0.25, -0.2) is 12.7 Å². The summed E-state index contributed by atoms with van der Waals surface area (Å²) in [5.74, 6) is -0.372. The van der Waals surface area contributed by atoms with E-state index >= 15 is 0 Å². The molecule has 0 saturated heterocycles. The largest absolute Gasteiger partial charge is 0.354 e. The molecule has 1 N–H and O–H groups in total. The number of carbonyl (C=O) groups is 2. The SMILES string of the molecule is CCCNC(=O)[C@H](C)N(Cc1cccc(C)c1)C(=O)CCCN(C)S(=O)(=O)c1ccccc1. The lowest BCUT2D eigenvalue weighted by Crippen LogP contribution is -2.47. The molecule has 2 amide bonds. The first-order chi connectivity index (χ1) is 15.7. The summed E-state index contributed by atoms with van der Waals surface area (Å²) in [5.41, 5.74) is 2.03. The Hall–Kier alpha value is -2.71. The Kier molecular flexibility index (Phi) is 10.1. The first kappa shape index (κ1) is 26.5. The van der Waals surface area contributed by atoms with Gasteiger partial charge < -0.3 is 10.2 Å². The molecule has 2 aromatic rings. The number of benzene rings is 2. The summed E-state index contributed by atoms with van der Waals surface area (Å²) in [6, 6.07) is 15.4. The van der Waals surface area contributed by atoms with Crippen LogP contribution in [0, 0.1) is 6.92 Å². The van der Waals surface area contributed by atoms with Crippen LogP contribution in [0.15, 0.2) is 59.5 Å². The van der Waals surface area contributed by atoms with E-state index in [0.29, 0.717) is 19.5 Å². The Morgan fingerprint density at radius 3 is 2.39 bits per heavy atom. The minimum Gasteiger partial charge on any atom is -0.354 e. The van der Waals surface area contributed by atoms with Crippen LogP contribution >= 0.6 is 0 Å². The monoisotopic (exact) mass is 473 g/mol. The molecular formula is C25H35N3O4S. The Balaban J connectivity index is 2.06. The second-order valence-electron chi connectivity index (χ2n) is 8.22. The van der Waals surface area contributed by atoms with Crippen LogP contribution in [0.1, 0.15) is 44.2 Å². The predicted molar refractivity (Wildman–Crippen MR) is 130 cm³/mol. The molecule has 180 valence electrons. The van der Waals surface area contributed by atoms with E-state index in [1.807, 2.05) is 38.1 Å². The van der Waals surface area contributed by atoms with Crippen LogP contribution in [0.5, 0.6) is 0 Å². The van der Waals surface area contributed by atoms with Crippen molar-refractivity contribution in [3.63, 3.8) is 0 Å². The average molecular weight is 474 g/mol. The van der Waals surface area contributed by atoms with Gasteiger partial charge in [0.1, 0.15) is 6.04 Å². The normalized spacial score (nSPS) is 12.4. The van der Waals surface area contributed by atoms with Crippen LogP contribution in [0.3, 0.4) is 0 Å². The van der Waals surface area contributed by atoms with Crippen molar-refractivity contribution in [2.75, 3.05) is 20.1 Å². The first-order valence-electron chi connectivity index (χ1n) is 11.3. The molecule has 0 spiro atoms. The fourth-order valence-corrected chi connectivity index (χ4v) is 4.71. The average Bonchev–Trinajstić information content (AvgIpc) is 2.80. The molecule has 0 saturated carbocycles. The number of sulfonamides is 1. The maximum Gasteiger partial charge on any atom is 0.242 e. The van der Waals surface area contributed by atoms with Crippen molar-refractivity contribution >= 4 is 21.8 Å². The number of hydrogen-bond acceptors (Lipinski definition) is 4. The lowest BCUT2D eigenvalue weighted by atomic mass is 10.1. The number of hydrogen-bond donors (Lipinski definition) is 1. The summed E-state index contributed by atoms with van der Waals surface area (Å²) < 4.78 is 26.6. The number of carbonyl (C=O) groups excluding carboxylic acids is 2. The lowest BCUT2D eigenvalue weighted by Gasteiger charge is -2.29. The second-order valence-corrected chi connectivity index (χ2v) is 10.3. The highest BCUT2D eigenvalue weighted by molar-refractivity contribution is 7.89. The summed E-state index contributed by atoms with van der Waals surface area (Å²) in [4.78, 5) is 27.5. The molecule has 0 heterocycles. The summed E-state index contributed by atoms with van der Waals surface area (Å²) in [6.07, 6.45) is 1.31. The smallest absolute Gasteiger partial charge is 0.242 e. The fraction of sp³-hybridized carbons (Fsp3) is 0.440. The fourth-order valence-electron chi connectivity index (χ4n) is 3.47. The van der Waals surface area contributed by atoms with Gasteiger partial charge in [0.25, 0.3) is 0 Å². The van der Waals surface area contributed by atoms with Gasteiger partial charge in [0.2, 0.25) is 21.8 Å². The molecule has 8 heteroatoms. The molecular weight excluding hydrogens is 438 g/mol. The predicted octanol–water partition coefficient (Wildman–Crippen LogP) is 3.34. The summed E-state index contributed by atoms with van der Waals surface area (Å²) in [7, 11) is -2.09. The number of nitrogens with one attached hydrogen (secondary N) is 1. The van der Waals surface area contributed by atoms with E-state index in [1.165, 1.54) is 11.4 Å². The highest BCUT2D eigenvalue weighted by Crippen LogP contribution is 2.16. The number of aryl methyl sites for hydroxylation is 1. The molecule has 0 aliphatic heterocycles. The maximum absolute atomic E-state index is 13.1. The van der Waals surface area contributed by atoms with Gasteiger partial charge in [0, 0.05) is 33.1 Å². The van der Waals surface area contributed by atoms with Crippen molar-refractivity contribution in [2.24, 2.45) is 0 Å². The van der Waals surface area contributed by atoms with E-state index in [9.17, 15) is 18.0 Å². The summed E-state index contributed by atoms with van der Waals surface area (Å²) in [5, 5.41) is 2.86. The zero-order valence-corrected chi connectivity index (χ0v) is 20.8. The third-order valence-corrected chi connectivity index (χ3v) is 7.34. The molecule has 0 aromatic heterocycles. The van der Waals surface area contributed by atoms with Gasteiger partial charge in [-0.3, -0.25) is 9.59 Å². The Morgan fingerprint density at radius 1 is 1.06 bits per heavy atom. The van der Waals surface area contributed by atoms with Crippen molar-refractivity contribution in [3.05, 3.63) is 65.7 Å². The van der Waals surface area contributed by atoms with Gasteiger partial charge in [-0.15, -0.1) is 0 Å². The van der Waals surface area contributed by atoms with Crippen molar-refractivity contribution in [1.82, 2.24) is 14.5 Å². The van der Waals surface area contributed by atoms with Gasteiger partial charge in [-0.1, -0.05) is 55.0 Å². The van der Waals surface area contributed by atoms with E-state index in [0.717, 1.165) is 17.5 Å². The molecule has 0 bridgehead atoms. The Bertz CT molecular complexity index is 1020. The highest BCUT2D eigenvalue weighted by atomic mass is 32.2. The van der Waals surface area contributed by atoms with E-state index in [1.54, 1.807) is 42.2 Å². The van der Waals surface area contributed by atoms with Gasteiger partial charge in [-0.2, -0.15) is 0 Å². The summed E-state index contributed by atoms with van der Waals surface area (Å²) >= 11 is 0. The van der Waals surface area contributed by atoms with Crippen LogP contribution in [0.25, 0.3) is 0 Å². The van der Waals surface area contributed by atoms with Crippen LogP contribution in [-0.2, 0) is 26.2 Å². The van der Waals surface area contributed by atoms with Crippen LogP contribution in [0.2, 0.25) is 0 Å². The minimum atomic E-state index is -3.61.